The monoisotopic (exact) mass is 443 g/mol. The Labute approximate surface area is 179 Å². The molecule has 0 aliphatic carbocycles. The third kappa shape index (κ3) is 6.03. The van der Waals surface area contributed by atoms with E-state index in [9.17, 15) is 18.0 Å². The van der Waals surface area contributed by atoms with Crippen molar-refractivity contribution >= 4 is 28.9 Å². The molecular weight excluding hydrogens is 419 g/mol. The molecular formula is C21H25ClF3N3O2. The predicted octanol–water partition coefficient (Wildman–Crippen LogP) is 5.01. The molecule has 0 radical (unpaired) electrons. The number of anilines is 2. The van der Waals surface area contributed by atoms with Crippen molar-refractivity contribution in [2.75, 3.05) is 51.1 Å². The van der Waals surface area contributed by atoms with E-state index in [1.807, 2.05) is 30.9 Å². The summed E-state index contributed by atoms with van der Waals surface area (Å²) in [6, 6.07) is 8.46. The second kappa shape index (κ2) is 10.0. The molecule has 0 aliphatic rings. The van der Waals surface area contributed by atoms with E-state index in [2.05, 4.69) is 5.32 Å². The van der Waals surface area contributed by atoms with E-state index in [4.69, 9.17) is 16.3 Å². The first-order chi connectivity index (χ1) is 14.0. The van der Waals surface area contributed by atoms with Gasteiger partial charge in [0.25, 0.3) is 5.91 Å². The third-order valence-electron chi connectivity index (χ3n) is 4.35. The lowest BCUT2D eigenvalue weighted by atomic mass is 10.1. The van der Waals surface area contributed by atoms with Crippen LogP contribution in [0.5, 0.6) is 5.75 Å². The standard InChI is InChI=1S/C21H25ClF3N3O2/c1-5-30-18-8-6-7-17(28(4)12-11-27(2)3)19(18)20(29)26-14-9-10-16(22)15(13-14)21(23,24)25/h6-10,13H,5,11-12H2,1-4H3,(H,26,29). The molecule has 0 saturated heterocycles. The van der Waals surface area contributed by atoms with Gasteiger partial charge in [-0.1, -0.05) is 17.7 Å². The molecule has 5 nitrogen and oxygen atoms in total. The number of alkyl halides is 3. The molecule has 2 aromatic rings. The average Bonchev–Trinajstić information content (AvgIpc) is 2.66. The van der Waals surface area contributed by atoms with Crippen LogP contribution in [0.1, 0.15) is 22.8 Å². The highest BCUT2D eigenvalue weighted by molar-refractivity contribution is 6.31. The van der Waals surface area contributed by atoms with Crippen LogP contribution >= 0.6 is 11.6 Å². The van der Waals surface area contributed by atoms with Crippen LogP contribution in [0.25, 0.3) is 0 Å². The van der Waals surface area contributed by atoms with Crippen molar-refractivity contribution in [2.24, 2.45) is 0 Å². The number of likely N-dealkylation sites (N-methyl/N-ethyl adjacent to an activating group) is 2. The van der Waals surface area contributed by atoms with E-state index in [1.165, 1.54) is 6.07 Å². The Kier molecular flexibility index (Phi) is 7.97. The van der Waals surface area contributed by atoms with Crippen molar-refractivity contribution in [3.8, 4) is 5.75 Å². The second-order valence-corrected chi connectivity index (χ2v) is 7.36. The Morgan fingerprint density at radius 1 is 1.13 bits per heavy atom. The van der Waals surface area contributed by atoms with E-state index in [0.717, 1.165) is 18.7 Å². The molecule has 0 saturated carbocycles. The summed E-state index contributed by atoms with van der Waals surface area (Å²) in [7, 11) is 5.73. The molecule has 0 aliphatic heterocycles. The zero-order valence-electron chi connectivity index (χ0n) is 17.3. The second-order valence-electron chi connectivity index (χ2n) is 6.95. The van der Waals surface area contributed by atoms with E-state index >= 15 is 0 Å². The van der Waals surface area contributed by atoms with Crippen LogP contribution in [0.15, 0.2) is 36.4 Å². The van der Waals surface area contributed by atoms with Gasteiger partial charge < -0.3 is 19.9 Å². The summed E-state index contributed by atoms with van der Waals surface area (Å²) >= 11 is 5.66. The summed E-state index contributed by atoms with van der Waals surface area (Å²) in [6.45, 7) is 3.52. The maximum atomic E-state index is 13.1. The molecule has 0 spiro atoms. The lowest BCUT2D eigenvalue weighted by Gasteiger charge is -2.25. The number of hydrogen-bond acceptors (Lipinski definition) is 4. The number of carbonyl (C=O) groups excluding carboxylic acids is 1. The maximum Gasteiger partial charge on any atom is 0.417 e. The Morgan fingerprint density at radius 3 is 2.43 bits per heavy atom. The van der Waals surface area contributed by atoms with E-state index < -0.39 is 22.7 Å². The van der Waals surface area contributed by atoms with Gasteiger partial charge in [0, 0.05) is 25.8 Å². The highest BCUT2D eigenvalue weighted by Gasteiger charge is 2.33. The molecule has 0 aromatic heterocycles. The molecule has 1 amide bonds. The summed E-state index contributed by atoms with van der Waals surface area (Å²) in [4.78, 5) is 17.0. The molecule has 1 N–H and O–H groups in total. The minimum Gasteiger partial charge on any atom is -0.493 e. The first-order valence-corrected chi connectivity index (χ1v) is 9.72. The maximum absolute atomic E-state index is 13.1. The van der Waals surface area contributed by atoms with Crippen molar-refractivity contribution in [2.45, 2.75) is 13.1 Å². The fourth-order valence-electron chi connectivity index (χ4n) is 2.83. The number of amides is 1. The first-order valence-electron chi connectivity index (χ1n) is 9.34. The SMILES string of the molecule is CCOc1cccc(N(C)CCN(C)C)c1C(=O)Nc1ccc(Cl)c(C(F)(F)F)c1. The fourth-order valence-corrected chi connectivity index (χ4v) is 3.05. The number of hydrogen-bond donors (Lipinski definition) is 1. The molecule has 0 heterocycles. The number of ether oxygens (including phenoxy) is 1. The summed E-state index contributed by atoms with van der Waals surface area (Å²) in [5.41, 5.74) is -0.150. The van der Waals surface area contributed by atoms with Crippen LogP contribution in [0.2, 0.25) is 5.02 Å². The lowest BCUT2D eigenvalue weighted by molar-refractivity contribution is -0.137. The van der Waals surface area contributed by atoms with Crippen molar-refractivity contribution < 1.29 is 22.7 Å². The molecule has 0 bridgehead atoms. The number of nitrogens with one attached hydrogen (secondary N) is 1. The summed E-state index contributed by atoms with van der Waals surface area (Å²) in [5.74, 6) is -0.213. The van der Waals surface area contributed by atoms with Crippen molar-refractivity contribution in [3.63, 3.8) is 0 Å². The molecule has 2 aromatic carbocycles. The molecule has 2 rings (SSSR count). The van der Waals surface area contributed by atoms with Crippen molar-refractivity contribution in [3.05, 3.63) is 52.5 Å². The lowest BCUT2D eigenvalue weighted by Crippen LogP contribution is -2.30. The average molecular weight is 444 g/mol. The number of rotatable bonds is 8. The molecule has 164 valence electrons. The molecule has 30 heavy (non-hydrogen) atoms. The van der Waals surface area contributed by atoms with Gasteiger partial charge in [-0.05, 0) is 51.4 Å². The van der Waals surface area contributed by atoms with Gasteiger partial charge in [-0.15, -0.1) is 0 Å². The first kappa shape index (κ1) is 23.8. The van der Waals surface area contributed by atoms with Crippen molar-refractivity contribution in [1.29, 1.82) is 0 Å². The Hall–Kier alpha value is -2.45. The van der Waals surface area contributed by atoms with E-state index in [0.29, 0.717) is 24.6 Å². The number of carbonyl (C=O) groups is 1. The van der Waals surface area contributed by atoms with Gasteiger partial charge in [-0.2, -0.15) is 13.2 Å². The Balaban J connectivity index is 2.40. The van der Waals surface area contributed by atoms with Crippen molar-refractivity contribution in [1.82, 2.24) is 4.90 Å². The van der Waals surface area contributed by atoms with Crippen LogP contribution in [-0.4, -0.2) is 51.6 Å². The van der Waals surface area contributed by atoms with Gasteiger partial charge in [-0.25, -0.2) is 0 Å². The number of benzene rings is 2. The normalized spacial score (nSPS) is 11.5. The zero-order valence-corrected chi connectivity index (χ0v) is 18.1. The van der Waals surface area contributed by atoms with Gasteiger partial charge in [0.1, 0.15) is 11.3 Å². The van der Waals surface area contributed by atoms with Gasteiger partial charge in [0.05, 0.1) is 22.9 Å². The zero-order chi connectivity index (χ0) is 22.5. The number of nitrogens with zero attached hydrogens (tertiary/aromatic N) is 2. The van der Waals surface area contributed by atoms with Gasteiger partial charge in [0.15, 0.2) is 0 Å². The highest BCUT2D eigenvalue weighted by atomic mass is 35.5. The molecule has 0 atom stereocenters. The molecule has 0 fully saturated rings. The van der Waals surface area contributed by atoms with Crippen LogP contribution < -0.4 is 15.0 Å². The van der Waals surface area contributed by atoms with Crippen LogP contribution in [0.3, 0.4) is 0 Å². The largest absolute Gasteiger partial charge is 0.493 e. The topological polar surface area (TPSA) is 44.8 Å². The summed E-state index contributed by atoms with van der Waals surface area (Å²) < 4.78 is 45.0. The van der Waals surface area contributed by atoms with E-state index in [1.54, 1.807) is 25.1 Å². The van der Waals surface area contributed by atoms with Gasteiger partial charge in [-0.3, -0.25) is 4.79 Å². The minimum atomic E-state index is -4.63. The quantitative estimate of drug-likeness (QED) is 0.623. The third-order valence-corrected chi connectivity index (χ3v) is 4.68. The Morgan fingerprint density at radius 2 is 1.83 bits per heavy atom. The van der Waals surface area contributed by atoms with Gasteiger partial charge >= 0.3 is 6.18 Å². The minimum absolute atomic E-state index is 0.00933. The smallest absolute Gasteiger partial charge is 0.417 e. The number of halogens is 4. The highest BCUT2D eigenvalue weighted by Crippen LogP contribution is 2.37. The van der Waals surface area contributed by atoms with Gasteiger partial charge in [0.2, 0.25) is 0 Å². The summed E-state index contributed by atoms with van der Waals surface area (Å²) in [6.07, 6.45) is -4.63. The fraction of sp³-hybridized carbons (Fsp3) is 0.381. The molecule has 9 heteroatoms. The molecule has 0 unspecified atom stereocenters. The van der Waals surface area contributed by atoms with Crippen LogP contribution in [0.4, 0.5) is 24.5 Å². The predicted molar refractivity (Wildman–Crippen MR) is 114 cm³/mol. The van der Waals surface area contributed by atoms with Crippen LogP contribution in [0, 0.1) is 0 Å². The Bertz CT molecular complexity index is 888. The van der Waals surface area contributed by atoms with Crippen LogP contribution in [-0.2, 0) is 6.18 Å². The summed E-state index contributed by atoms with van der Waals surface area (Å²) in [5, 5.41) is 2.11. The van der Waals surface area contributed by atoms with E-state index in [-0.39, 0.29) is 11.3 Å².